The largest absolute Gasteiger partial charge is 0.376 e. The van der Waals surface area contributed by atoms with Gasteiger partial charge in [0.1, 0.15) is 5.69 Å². The molecular formula is C14H20N2O2S. The van der Waals surface area contributed by atoms with Crippen molar-refractivity contribution in [1.29, 1.82) is 0 Å². The average molecular weight is 280 g/mol. The highest BCUT2D eigenvalue weighted by Gasteiger charge is 2.24. The van der Waals surface area contributed by atoms with Crippen LogP contribution in [0.4, 0.5) is 5.13 Å². The van der Waals surface area contributed by atoms with Crippen LogP contribution in [-0.4, -0.2) is 37.1 Å². The first-order valence-electron chi connectivity index (χ1n) is 7.09. The average Bonchev–Trinajstić information content (AvgIpc) is 2.85. The van der Waals surface area contributed by atoms with Gasteiger partial charge in [-0.25, -0.2) is 4.98 Å². The lowest BCUT2D eigenvalue weighted by atomic mass is 10.0. The van der Waals surface area contributed by atoms with Crippen LogP contribution in [0.1, 0.15) is 47.5 Å². The summed E-state index contributed by atoms with van der Waals surface area (Å²) in [5.41, 5.74) is 0.725. The van der Waals surface area contributed by atoms with Crippen LogP contribution in [0.25, 0.3) is 0 Å². The molecule has 1 aromatic rings. The van der Waals surface area contributed by atoms with Crippen molar-refractivity contribution in [1.82, 2.24) is 4.98 Å². The van der Waals surface area contributed by atoms with Gasteiger partial charge >= 0.3 is 0 Å². The third-order valence-electron chi connectivity index (χ3n) is 3.84. The number of ether oxygens (including phenoxy) is 1. The van der Waals surface area contributed by atoms with Crippen molar-refractivity contribution in [2.45, 2.75) is 44.6 Å². The van der Waals surface area contributed by atoms with Crippen LogP contribution in [-0.2, 0) is 11.2 Å². The Labute approximate surface area is 117 Å². The minimum Gasteiger partial charge on any atom is -0.376 e. The molecule has 0 N–H and O–H groups in total. The van der Waals surface area contributed by atoms with Gasteiger partial charge in [0.15, 0.2) is 10.9 Å². The highest BCUT2D eigenvalue weighted by molar-refractivity contribution is 7.16. The number of Topliss-reactive ketones (excluding diaryl/α,β-unsaturated/α-hetero) is 1. The van der Waals surface area contributed by atoms with E-state index in [1.165, 1.54) is 17.7 Å². The van der Waals surface area contributed by atoms with Crippen LogP contribution in [0.3, 0.4) is 0 Å². The zero-order chi connectivity index (χ0) is 13.2. The van der Waals surface area contributed by atoms with Gasteiger partial charge in [0.25, 0.3) is 0 Å². The SMILES string of the molecule is CN(CC1CCCCO1)c1nc2c(s1)CCCC2=O. The predicted molar refractivity (Wildman–Crippen MR) is 76.2 cm³/mol. The fraction of sp³-hybridized carbons (Fsp3) is 0.714. The Morgan fingerprint density at radius 3 is 3.00 bits per heavy atom. The van der Waals surface area contributed by atoms with Gasteiger partial charge < -0.3 is 9.64 Å². The number of carbonyl (C=O) groups is 1. The summed E-state index contributed by atoms with van der Waals surface area (Å²) in [6.45, 7) is 1.76. The Kier molecular flexibility index (Phi) is 3.84. The van der Waals surface area contributed by atoms with E-state index in [2.05, 4.69) is 9.88 Å². The Balaban J connectivity index is 1.69. The van der Waals surface area contributed by atoms with Gasteiger partial charge in [0, 0.05) is 31.5 Å². The molecule has 0 bridgehead atoms. The maximum absolute atomic E-state index is 11.8. The van der Waals surface area contributed by atoms with E-state index in [0.717, 1.165) is 43.2 Å². The highest BCUT2D eigenvalue weighted by atomic mass is 32.1. The summed E-state index contributed by atoms with van der Waals surface area (Å²) in [4.78, 5) is 19.7. The first-order valence-corrected chi connectivity index (χ1v) is 7.91. The minimum absolute atomic E-state index is 0.214. The Bertz CT molecular complexity index is 466. The Morgan fingerprint density at radius 1 is 1.37 bits per heavy atom. The summed E-state index contributed by atoms with van der Waals surface area (Å²) >= 11 is 1.67. The first kappa shape index (κ1) is 13.1. The molecule has 19 heavy (non-hydrogen) atoms. The van der Waals surface area contributed by atoms with Crippen LogP contribution >= 0.6 is 11.3 Å². The molecule has 104 valence electrons. The molecule has 5 heteroatoms. The summed E-state index contributed by atoms with van der Waals surface area (Å²) in [6.07, 6.45) is 6.52. The molecule has 1 fully saturated rings. The zero-order valence-electron chi connectivity index (χ0n) is 11.4. The molecule has 2 aliphatic rings. The maximum atomic E-state index is 11.8. The fourth-order valence-electron chi connectivity index (χ4n) is 2.75. The van der Waals surface area contributed by atoms with Crippen LogP contribution in [0, 0.1) is 0 Å². The maximum Gasteiger partial charge on any atom is 0.186 e. The van der Waals surface area contributed by atoms with E-state index in [1.807, 2.05) is 7.05 Å². The van der Waals surface area contributed by atoms with Gasteiger partial charge in [-0.1, -0.05) is 0 Å². The molecule has 1 aromatic heterocycles. The Hall–Kier alpha value is -0.940. The molecule has 0 radical (unpaired) electrons. The summed E-state index contributed by atoms with van der Waals surface area (Å²) < 4.78 is 5.76. The Morgan fingerprint density at radius 2 is 2.26 bits per heavy atom. The van der Waals surface area contributed by atoms with Crippen molar-refractivity contribution in [2.75, 3.05) is 25.1 Å². The van der Waals surface area contributed by atoms with Crippen molar-refractivity contribution in [3.8, 4) is 0 Å². The summed E-state index contributed by atoms with van der Waals surface area (Å²) in [5.74, 6) is 0.214. The number of fused-ring (bicyclic) bond motifs is 1. The normalized spacial score (nSPS) is 23.2. The summed E-state index contributed by atoms with van der Waals surface area (Å²) in [5, 5.41) is 0.967. The van der Waals surface area contributed by atoms with Gasteiger partial charge in [0.05, 0.1) is 6.10 Å². The lowest BCUT2D eigenvalue weighted by Crippen LogP contribution is -2.33. The second-order valence-electron chi connectivity index (χ2n) is 5.41. The van der Waals surface area contributed by atoms with E-state index in [0.29, 0.717) is 12.5 Å². The predicted octanol–water partition coefficient (Wildman–Crippen LogP) is 2.67. The van der Waals surface area contributed by atoms with Crippen LogP contribution in [0.2, 0.25) is 0 Å². The number of thiazole rings is 1. The molecule has 0 aromatic carbocycles. The third-order valence-corrected chi connectivity index (χ3v) is 5.07. The van der Waals surface area contributed by atoms with E-state index in [1.54, 1.807) is 11.3 Å². The molecule has 1 aliphatic carbocycles. The lowest BCUT2D eigenvalue weighted by molar-refractivity contribution is 0.0216. The van der Waals surface area contributed by atoms with Crippen molar-refractivity contribution >= 4 is 22.3 Å². The summed E-state index contributed by atoms with van der Waals surface area (Å²) in [6, 6.07) is 0. The standard InChI is InChI=1S/C14H20N2O2S/c1-16(9-10-5-2-3-8-18-10)14-15-13-11(17)6-4-7-12(13)19-14/h10H,2-9H2,1H3. The number of rotatable bonds is 3. The van der Waals surface area contributed by atoms with Crippen molar-refractivity contribution in [2.24, 2.45) is 0 Å². The molecule has 4 nitrogen and oxygen atoms in total. The third kappa shape index (κ3) is 2.82. The molecule has 0 amide bonds. The number of anilines is 1. The van der Waals surface area contributed by atoms with Crippen molar-refractivity contribution < 1.29 is 9.53 Å². The molecule has 1 aliphatic heterocycles. The van der Waals surface area contributed by atoms with Gasteiger partial charge in [0.2, 0.25) is 0 Å². The number of nitrogens with zero attached hydrogens (tertiary/aromatic N) is 2. The number of aromatic nitrogens is 1. The molecule has 1 atom stereocenters. The lowest BCUT2D eigenvalue weighted by Gasteiger charge is -2.27. The van der Waals surface area contributed by atoms with E-state index in [9.17, 15) is 4.79 Å². The number of hydrogen-bond acceptors (Lipinski definition) is 5. The van der Waals surface area contributed by atoms with Crippen LogP contribution in [0.5, 0.6) is 0 Å². The molecule has 3 rings (SSSR count). The van der Waals surface area contributed by atoms with E-state index < -0.39 is 0 Å². The van der Waals surface area contributed by atoms with Gasteiger partial charge in [-0.2, -0.15) is 0 Å². The van der Waals surface area contributed by atoms with Gasteiger partial charge in [-0.3, -0.25) is 4.79 Å². The fourth-order valence-corrected chi connectivity index (χ4v) is 3.84. The number of ketones is 1. The second-order valence-corrected chi connectivity index (χ2v) is 6.48. The smallest absolute Gasteiger partial charge is 0.186 e. The first-order chi connectivity index (χ1) is 9.24. The minimum atomic E-state index is 0.214. The van der Waals surface area contributed by atoms with Gasteiger partial charge in [-0.05, 0) is 32.1 Å². The molecule has 2 heterocycles. The summed E-state index contributed by atoms with van der Waals surface area (Å²) in [7, 11) is 2.05. The number of likely N-dealkylation sites (N-methyl/N-ethyl adjacent to an activating group) is 1. The van der Waals surface area contributed by atoms with Crippen molar-refractivity contribution in [3.63, 3.8) is 0 Å². The van der Waals surface area contributed by atoms with E-state index >= 15 is 0 Å². The van der Waals surface area contributed by atoms with Gasteiger partial charge in [-0.15, -0.1) is 11.3 Å². The van der Waals surface area contributed by atoms with Crippen LogP contribution < -0.4 is 4.90 Å². The topological polar surface area (TPSA) is 42.4 Å². The van der Waals surface area contributed by atoms with E-state index in [-0.39, 0.29) is 5.78 Å². The molecule has 0 spiro atoms. The second kappa shape index (κ2) is 5.59. The van der Waals surface area contributed by atoms with Crippen molar-refractivity contribution in [3.05, 3.63) is 10.6 Å². The van der Waals surface area contributed by atoms with E-state index in [4.69, 9.17) is 4.74 Å². The monoisotopic (exact) mass is 280 g/mol. The number of carbonyl (C=O) groups excluding carboxylic acids is 1. The molecule has 0 saturated carbocycles. The quantitative estimate of drug-likeness (QED) is 0.853. The molecule has 1 unspecified atom stereocenters. The number of hydrogen-bond donors (Lipinski definition) is 0. The number of aryl methyl sites for hydroxylation is 1. The molecule has 1 saturated heterocycles. The molecular weight excluding hydrogens is 260 g/mol. The van der Waals surface area contributed by atoms with Crippen LogP contribution in [0.15, 0.2) is 0 Å². The highest BCUT2D eigenvalue weighted by Crippen LogP contribution is 2.31. The zero-order valence-corrected chi connectivity index (χ0v) is 12.2.